The molecular weight excluding hydrogens is 286 g/mol. The first-order valence-corrected chi connectivity index (χ1v) is 7.46. The Morgan fingerprint density at radius 2 is 1.95 bits per heavy atom. The molecule has 1 amide bonds. The molecule has 0 saturated heterocycles. The maximum absolute atomic E-state index is 11.9. The quantitative estimate of drug-likeness (QED) is 0.619. The summed E-state index contributed by atoms with van der Waals surface area (Å²) in [5, 5.41) is 0. The molecule has 0 aliphatic carbocycles. The van der Waals surface area contributed by atoms with Crippen molar-refractivity contribution in [2.24, 2.45) is 11.5 Å². The summed E-state index contributed by atoms with van der Waals surface area (Å²) in [6, 6.07) is 5.68. The number of carbonyl (C=O) groups is 1. The second kappa shape index (κ2) is 6.09. The van der Waals surface area contributed by atoms with Crippen LogP contribution in [0.1, 0.15) is 18.1 Å². The Balaban J connectivity index is 2.96. The Labute approximate surface area is 117 Å². The average molecular weight is 301 g/mol. The van der Waals surface area contributed by atoms with Crippen LogP contribution in [0.25, 0.3) is 0 Å². The Morgan fingerprint density at radius 3 is 2.47 bits per heavy atom. The zero-order valence-corrected chi connectivity index (χ0v) is 11.9. The first-order valence-electron chi connectivity index (χ1n) is 5.40. The van der Waals surface area contributed by atoms with Gasteiger partial charge in [0.05, 0.1) is 11.8 Å². The number of thiocarbonyl (C=S) groups is 1. The standard InChI is InChI=1S/C11H15N3O3S2/c1-7(10(12)15)14-19(16,17)6-8-4-2-3-5-9(8)11(13)18/h2-5,7,14H,6H2,1H3,(H2,12,15)(H2,13,18). The number of sulfonamides is 1. The summed E-state index contributed by atoms with van der Waals surface area (Å²) in [5.74, 6) is -1.07. The molecule has 8 heteroatoms. The van der Waals surface area contributed by atoms with Gasteiger partial charge in [0.1, 0.15) is 4.99 Å². The predicted molar refractivity (Wildman–Crippen MR) is 76.7 cm³/mol. The molecule has 1 aromatic rings. The number of amides is 1. The first kappa shape index (κ1) is 15.5. The number of rotatable bonds is 6. The van der Waals surface area contributed by atoms with Gasteiger partial charge in [-0.15, -0.1) is 0 Å². The van der Waals surface area contributed by atoms with E-state index in [9.17, 15) is 13.2 Å². The highest BCUT2D eigenvalue weighted by Crippen LogP contribution is 2.12. The van der Waals surface area contributed by atoms with Gasteiger partial charge in [0.15, 0.2) is 0 Å². The average Bonchev–Trinajstić information content (AvgIpc) is 2.27. The Bertz CT molecular complexity index is 599. The van der Waals surface area contributed by atoms with Crippen LogP contribution in [0.5, 0.6) is 0 Å². The summed E-state index contributed by atoms with van der Waals surface area (Å²) >= 11 is 4.86. The van der Waals surface area contributed by atoms with E-state index in [0.717, 1.165) is 0 Å². The molecule has 1 aromatic carbocycles. The van der Waals surface area contributed by atoms with Crippen LogP contribution in [0.3, 0.4) is 0 Å². The minimum atomic E-state index is -3.70. The number of hydrogen-bond donors (Lipinski definition) is 3. The third kappa shape index (κ3) is 4.58. The lowest BCUT2D eigenvalue weighted by Crippen LogP contribution is -2.42. The topological polar surface area (TPSA) is 115 Å². The molecular formula is C11H15N3O3S2. The fraction of sp³-hybridized carbons (Fsp3) is 0.273. The van der Waals surface area contributed by atoms with Gasteiger partial charge in [-0.25, -0.2) is 13.1 Å². The van der Waals surface area contributed by atoms with Crippen LogP contribution in [-0.2, 0) is 20.6 Å². The Morgan fingerprint density at radius 1 is 1.37 bits per heavy atom. The van der Waals surface area contributed by atoms with Crippen molar-refractivity contribution >= 4 is 33.1 Å². The molecule has 19 heavy (non-hydrogen) atoms. The lowest BCUT2D eigenvalue weighted by Gasteiger charge is -2.12. The molecule has 0 aliphatic rings. The third-order valence-electron chi connectivity index (χ3n) is 2.41. The highest BCUT2D eigenvalue weighted by Gasteiger charge is 2.20. The van der Waals surface area contributed by atoms with E-state index in [4.69, 9.17) is 23.7 Å². The number of benzene rings is 1. The van der Waals surface area contributed by atoms with Crippen LogP contribution in [0.4, 0.5) is 0 Å². The van der Waals surface area contributed by atoms with E-state index in [1.807, 2.05) is 0 Å². The van der Waals surface area contributed by atoms with Crippen molar-refractivity contribution in [3.63, 3.8) is 0 Å². The van der Waals surface area contributed by atoms with E-state index in [1.54, 1.807) is 24.3 Å². The molecule has 0 aromatic heterocycles. The maximum Gasteiger partial charge on any atom is 0.235 e. The number of nitrogens with two attached hydrogens (primary N) is 2. The highest BCUT2D eigenvalue weighted by molar-refractivity contribution is 7.88. The van der Waals surface area contributed by atoms with Gasteiger partial charge in [-0.2, -0.15) is 0 Å². The van der Waals surface area contributed by atoms with E-state index < -0.39 is 22.0 Å². The Kier molecular flexibility index (Phi) is 4.98. The molecule has 6 nitrogen and oxygen atoms in total. The van der Waals surface area contributed by atoms with Crippen LogP contribution < -0.4 is 16.2 Å². The fourth-order valence-corrected chi connectivity index (χ4v) is 3.06. The summed E-state index contributed by atoms with van der Waals surface area (Å²) in [4.78, 5) is 11.0. The summed E-state index contributed by atoms with van der Waals surface area (Å²) < 4.78 is 26.0. The van der Waals surface area contributed by atoms with Crippen molar-refractivity contribution in [1.82, 2.24) is 4.72 Å². The molecule has 0 heterocycles. The largest absolute Gasteiger partial charge is 0.389 e. The predicted octanol–water partition coefficient (Wildman–Crippen LogP) is -0.386. The fourth-order valence-electron chi connectivity index (χ4n) is 1.46. The molecule has 0 bridgehead atoms. The zero-order chi connectivity index (χ0) is 14.6. The van der Waals surface area contributed by atoms with Crippen LogP contribution >= 0.6 is 12.2 Å². The van der Waals surface area contributed by atoms with Crippen molar-refractivity contribution in [3.05, 3.63) is 35.4 Å². The first-order chi connectivity index (χ1) is 8.73. The number of hydrogen-bond acceptors (Lipinski definition) is 4. The smallest absolute Gasteiger partial charge is 0.235 e. The second-order valence-electron chi connectivity index (χ2n) is 4.02. The molecule has 104 valence electrons. The number of carbonyl (C=O) groups excluding carboxylic acids is 1. The second-order valence-corrected chi connectivity index (χ2v) is 6.22. The van der Waals surface area contributed by atoms with E-state index in [1.165, 1.54) is 6.92 Å². The molecule has 0 fully saturated rings. The molecule has 5 N–H and O–H groups in total. The van der Waals surface area contributed by atoms with Crippen molar-refractivity contribution < 1.29 is 13.2 Å². The monoisotopic (exact) mass is 301 g/mol. The van der Waals surface area contributed by atoms with Gasteiger partial charge < -0.3 is 11.5 Å². The minimum Gasteiger partial charge on any atom is -0.389 e. The van der Waals surface area contributed by atoms with Gasteiger partial charge in [-0.1, -0.05) is 36.5 Å². The minimum absolute atomic E-state index is 0.119. The summed E-state index contributed by atoms with van der Waals surface area (Å²) in [6.07, 6.45) is 0. The number of primary amides is 1. The summed E-state index contributed by atoms with van der Waals surface area (Å²) in [6.45, 7) is 1.37. The zero-order valence-electron chi connectivity index (χ0n) is 10.3. The molecule has 0 radical (unpaired) electrons. The van der Waals surface area contributed by atoms with E-state index in [-0.39, 0.29) is 10.7 Å². The van der Waals surface area contributed by atoms with E-state index >= 15 is 0 Å². The van der Waals surface area contributed by atoms with Crippen molar-refractivity contribution in [1.29, 1.82) is 0 Å². The molecule has 0 saturated carbocycles. The summed E-state index contributed by atoms with van der Waals surface area (Å²) in [5.41, 5.74) is 11.5. The molecule has 0 spiro atoms. The highest BCUT2D eigenvalue weighted by atomic mass is 32.2. The molecule has 1 unspecified atom stereocenters. The lowest BCUT2D eigenvalue weighted by molar-refractivity contribution is -0.119. The Hall–Kier alpha value is -1.51. The van der Waals surface area contributed by atoms with Gasteiger partial charge in [-0.3, -0.25) is 4.79 Å². The molecule has 1 atom stereocenters. The van der Waals surface area contributed by atoms with E-state index in [0.29, 0.717) is 11.1 Å². The van der Waals surface area contributed by atoms with Crippen LogP contribution in [0, 0.1) is 0 Å². The van der Waals surface area contributed by atoms with Crippen molar-refractivity contribution in [2.45, 2.75) is 18.7 Å². The van der Waals surface area contributed by atoms with E-state index in [2.05, 4.69) is 4.72 Å². The molecule has 0 aliphatic heterocycles. The van der Waals surface area contributed by atoms with Crippen molar-refractivity contribution in [2.75, 3.05) is 0 Å². The van der Waals surface area contributed by atoms with Gasteiger partial charge in [0.2, 0.25) is 15.9 Å². The van der Waals surface area contributed by atoms with Gasteiger partial charge >= 0.3 is 0 Å². The normalized spacial score (nSPS) is 12.9. The van der Waals surface area contributed by atoms with Crippen molar-refractivity contribution in [3.8, 4) is 0 Å². The van der Waals surface area contributed by atoms with Crippen LogP contribution in [-0.4, -0.2) is 25.4 Å². The summed E-state index contributed by atoms with van der Waals surface area (Å²) in [7, 11) is -3.70. The molecule has 1 rings (SSSR count). The van der Waals surface area contributed by atoms with Gasteiger partial charge in [0.25, 0.3) is 0 Å². The number of nitrogens with one attached hydrogen (secondary N) is 1. The maximum atomic E-state index is 11.9. The van der Waals surface area contributed by atoms with Crippen LogP contribution in [0.15, 0.2) is 24.3 Å². The lowest BCUT2D eigenvalue weighted by atomic mass is 10.1. The van der Waals surface area contributed by atoms with Gasteiger partial charge in [0, 0.05) is 5.56 Å². The SMILES string of the molecule is CC(NS(=O)(=O)Cc1ccccc1C(N)=S)C(N)=O. The van der Waals surface area contributed by atoms with Crippen LogP contribution in [0.2, 0.25) is 0 Å². The van der Waals surface area contributed by atoms with Gasteiger partial charge in [-0.05, 0) is 12.5 Å². The third-order valence-corrected chi connectivity index (χ3v) is 4.04.